The Balaban J connectivity index is 2.71. The Labute approximate surface area is 96.6 Å². The van der Waals surface area contributed by atoms with Crippen LogP contribution in [0, 0.1) is 0 Å². The molecule has 1 aromatic rings. The van der Waals surface area contributed by atoms with Gasteiger partial charge in [0.15, 0.2) is 0 Å². The molecule has 94 valence electrons. The number of amides is 1. The molecule has 0 heterocycles. The number of hydrogen-bond donors (Lipinski definition) is 1. The average molecular weight is 247 g/mol. The second-order valence-corrected chi connectivity index (χ2v) is 3.54. The molecule has 1 amide bonds. The van der Waals surface area contributed by atoms with Crippen LogP contribution >= 0.6 is 0 Å². The summed E-state index contributed by atoms with van der Waals surface area (Å²) in [6.07, 6.45) is -4.69. The van der Waals surface area contributed by atoms with E-state index in [0.717, 1.165) is 0 Å². The number of nitrogens with one attached hydrogen (secondary N) is 1. The number of hydrogen-bond acceptors (Lipinski definition) is 2. The third-order valence-corrected chi connectivity index (χ3v) is 2.03. The molecule has 0 unspecified atom stereocenters. The predicted octanol–water partition coefficient (Wildman–Crippen LogP) is 2.78. The van der Waals surface area contributed by atoms with Gasteiger partial charge in [0.05, 0.1) is 6.04 Å². The maximum atomic E-state index is 11.9. The zero-order valence-electron chi connectivity index (χ0n) is 9.34. The standard InChI is InChI=1S/C11H12F3NO2/c1-7(15-8(2)16)9-3-5-10(6-4-9)17-11(12,13)14/h3-7H,1-2H3,(H,15,16)/t7-/m0/s1. The zero-order chi connectivity index (χ0) is 13.1. The van der Waals surface area contributed by atoms with Crippen LogP contribution < -0.4 is 10.1 Å². The Bertz CT molecular complexity index is 387. The molecule has 1 N–H and O–H groups in total. The SMILES string of the molecule is CC(=O)N[C@@H](C)c1ccc(OC(F)(F)F)cc1. The van der Waals surface area contributed by atoms with Gasteiger partial charge in [-0.1, -0.05) is 12.1 Å². The monoisotopic (exact) mass is 247 g/mol. The van der Waals surface area contributed by atoms with E-state index in [1.807, 2.05) is 0 Å². The number of benzene rings is 1. The van der Waals surface area contributed by atoms with Crippen LogP contribution in [-0.2, 0) is 4.79 Å². The van der Waals surface area contributed by atoms with Crippen LogP contribution in [0.15, 0.2) is 24.3 Å². The van der Waals surface area contributed by atoms with Crippen LogP contribution in [0.1, 0.15) is 25.5 Å². The lowest BCUT2D eigenvalue weighted by Gasteiger charge is -2.14. The van der Waals surface area contributed by atoms with Crippen molar-refractivity contribution < 1.29 is 22.7 Å². The molecule has 1 aromatic carbocycles. The van der Waals surface area contributed by atoms with E-state index in [1.165, 1.54) is 31.2 Å². The Hall–Kier alpha value is -1.72. The lowest BCUT2D eigenvalue weighted by atomic mass is 10.1. The summed E-state index contributed by atoms with van der Waals surface area (Å²) in [4.78, 5) is 10.8. The summed E-state index contributed by atoms with van der Waals surface area (Å²) in [6.45, 7) is 3.11. The van der Waals surface area contributed by atoms with Crippen molar-refractivity contribution in [1.29, 1.82) is 0 Å². The smallest absolute Gasteiger partial charge is 0.406 e. The van der Waals surface area contributed by atoms with Crippen molar-refractivity contribution in [2.75, 3.05) is 0 Å². The molecular formula is C11H12F3NO2. The number of rotatable bonds is 3. The van der Waals surface area contributed by atoms with Crippen molar-refractivity contribution in [3.63, 3.8) is 0 Å². The first kappa shape index (κ1) is 13.3. The molecule has 0 radical (unpaired) electrons. The van der Waals surface area contributed by atoms with Gasteiger partial charge in [-0.25, -0.2) is 0 Å². The van der Waals surface area contributed by atoms with Gasteiger partial charge in [0, 0.05) is 6.92 Å². The first-order valence-electron chi connectivity index (χ1n) is 4.91. The number of carbonyl (C=O) groups excluding carboxylic acids is 1. The largest absolute Gasteiger partial charge is 0.573 e. The van der Waals surface area contributed by atoms with E-state index in [-0.39, 0.29) is 17.7 Å². The molecule has 0 saturated heterocycles. The topological polar surface area (TPSA) is 38.3 Å². The minimum atomic E-state index is -4.69. The second kappa shape index (κ2) is 5.07. The summed E-state index contributed by atoms with van der Waals surface area (Å²) in [5.74, 6) is -0.482. The third kappa shape index (κ3) is 4.76. The summed E-state index contributed by atoms with van der Waals surface area (Å²) in [5.41, 5.74) is 0.703. The molecule has 0 aliphatic heterocycles. The fourth-order valence-electron chi connectivity index (χ4n) is 1.35. The summed E-state index contributed by atoms with van der Waals surface area (Å²) in [6, 6.07) is 5.11. The van der Waals surface area contributed by atoms with Crippen molar-refractivity contribution in [3.8, 4) is 5.75 Å². The summed E-state index contributed by atoms with van der Waals surface area (Å²) >= 11 is 0. The van der Waals surface area contributed by atoms with Gasteiger partial charge < -0.3 is 10.1 Å². The Kier molecular flexibility index (Phi) is 3.98. The van der Waals surface area contributed by atoms with E-state index in [4.69, 9.17) is 0 Å². The molecule has 6 heteroatoms. The van der Waals surface area contributed by atoms with Crippen LogP contribution in [0.25, 0.3) is 0 Å². The minimum Gasteiger partial charge on any atom is -0.406 e. The molecule has 17 heavy (non-hydrogen) atoms. The summed E-state index contributed by atoms with van der Waals surface area (Å²) in [5, 5.41) is 2.62. The van der Waals surface area contributed by atoms with Gasteiger partial charge in [0.25, 0.3) is 0 Å². The first-order chi connectivity index (χ1) is 7.78. The number of ether oxygens (including phenoxy) is 1. The molecule has 0 saturated carbocycles. The van der Waals surface area contributed by atoms with Crippen molar-refractivity contribution in [2.24, 2.45) is 0 Å². The molecule has 0 spiro atoms. The number of halogens is 3. The summed E-state index contributed by atoms with van der Waals surface area (Å²) < 4.78 is 39.4. The first-order valence-corrected chi connectivity index (χ1v) is 4.91. The Morgan fingerprint density at radius 2 is 1.82 bits per heavy atom. The highest BCUT2D eigenvalue weighted by molar-refractivity contribution is 5.73. The van der Waals surface area contributed by atoms with Crippen LogP contribution in [0.4, 0.5) is 13.2 Å². The predicted molar refractivity (Wildman–Crippen MR) is 55.4 cm³/mol. The molecule has 0 bridgehead atoms. The summed E-state index contributed by atoms with van der Waals surface area (Å²) in [7, 11) is 0. The van der Waals surface area contributed by atoms with E-state index < -0.39 is 6.36 Å². The molecule has 0 aliphatic carbocycles. The van der Waals surface area contributed by atoms with Crippen LogP contribution in [0.2, 0.25) is 0 Å². The lowest BCUT2D eigenvalue weighted by Crippen LogP contribution is -2.23. The van der Waals surface area contributed by atoms with Crippen molar-refractivity contribution in [1.82, 2.24) is 5.32 Å². The maximum Gasteiger partial charge on any atom is 0.573 e. The van der Waals surface area contributed by atoms with E-state index in [1.54, 1.807) is 6.92 Å². The van der Waals surface area contributed by atoms with Gasteiger partial charge in [-0.15, -0.1) is 13.2 Å². The molecule has 0 aromatic heterocycles. The highest BCUT2D eigenvalue weighted by Gasteiger charge is 2.30. The molecule has 0 aliphatic rings. The van der Waals surface area contributed by atoms with Gasteiger partial charge in [-0.2, -0.15) is 0 Å². The highest BCUT2D eigenvalue weighted by atomic mass is 19.4. The molecule has 0 fully saturated rings. The van der Waals surface area contributed by atoms with Gasteiger partial charge in [-0.05, 0) is 24.6 Å². The van der Waals surface area contributed by atoms with Crippen LogP contribution in [0.5, 0.6) is 5.75 Å². The van der Waals surface area contributed by atoms with Gasteiger partial charge in [0.1, 0.15) is 5.75 Å². The van der Waals surface area contributed by atoms with Gasteiger partial charge in [0.2, 0.25) is 5.91 Å². The fourth-order valence-corrected chi connectivity index (χ4v) is 1.35. The van der Waals surface area contributed by atoms with Gasteiger partial charge >= 0.3 is 6.36 Å². The van der Waals surface area contributed by atoms with Crippen molar-refractivity contribution in [3.05, 3.63) is 29.8 Å². The quantitative estimate of drug-likeness (QED) is 0.891. The number of carbonyl (C=O) groups is 1. The Morgan fingerprint density at radius 1 is 1.29 bits per heavy atom. The third-order valence-electron chi connectivity index (χ3n) is 2.03. The van der Waals surface area contributed by atoms with Gasteiger partial charge in [-0.3, -0.25) is 4.79 Å². The molecule has 3 nitrogen and oxygen atoms in total. The van der Waals surface area contributed by atoms with Crippen molar-refractivity contribution in [2.45, 2.75) is 26.3 Å². The van der Waals surface area contributed by atoms with E-state index >= 15 is 0 Å². The van der Waals surface area contributed by atoms with E-state index in [2.05, 4.69) is 10.1 Å². The minimum absolute atomic E-state index is 0.201. The van der Waals surface area contributed by atoms with Crippen LogP contribution in [0.3, 0.4) is 0 Å². The highest BCUT2D eigenvalue weighted by Crippen LogP contribution is 2.24. The molecule has 1 atom stereocenters. The Morgan fingerprint density at radius 3 is 2.24 bits per heavy atom. The average Bonchev–Trinajstić information content (AvgIpc) is 2.15. The van der Waals surface area contributed by atoms with Crippen molar-refractivity contribution >= 4 is 5.91 Å². The normalized spacial score (nSPS) is 13.0. The maximum absolute atomic E-state index is 11.9. The number of alkyl halides is 3. The second-order valence-electron chi connectivity index (χ2n) is 3.54. The zero-order valence-corrected chi connectivity index (χ0v) is 9.34. The van der Waals surface area contributed by atoms with E-state index in [9.17, 15) is 18.0 Å². The fraction of sp³-hybridized carbons (Fsp3) is 0.364. The van der Waals surface area contributed by atoms with E-state index in [0.29, 0.717) is 5.56 Å². The lowest BCUT2D eigenvalue weighted by molar-refractivity contribution is -0.274. The molecular weight excluding hydrogens is 235 g/mol. The molecule has 1 rings (SSSR count). The van der Waals surface area contributed by atoms with Crippen LogP contribution in [-0.4, -0.2) is 12.3 Å².